The van der Waals surface area contributed by atoms with E-state index in [1.807, 2.05) is 20.8 Å². The van der Waals surface area contributed by atoms with E-state index < -0.39 is 15.4 Å². The second-order valence-electron chi connectivity index (χ2n) is 7.75. The molecule has 0 spiro atoms. The van der Waals surface area contributed by atoms with Crippen LogP contribution in [0.4, 0.5) is 0 Å². The smallest absolute Gasteiger partial charge is 0.269 e. The van der Waals surface area contributed by atoms with E-state index >= 15 is 0 Å². The molecule has 2 unspecified atom stereocenters. The minimum atomic E-state index is -4.11. The maximum Gasteiger partial charge on any atom is 0.269 e. The molecule has 0 heterocycles. The Morgan fingerprint density at radius 3 is 1.90 bits per heavy atom. The van der Waals surface area contributed by atoms with Crippen LogP contribution in [0.2, 0.25) is 0 Å². The summed E-state index contributed by atoms with van der Waals surface area (Å²) in [4.78, 5) is 12.3. The summed E-state index contributed by atoms with van der Waals surface area (Å²) >= 11 is 0. The van der Waals surface area contributed by atoms with E-state index in [-0.39, 0.29) is 29.2 Å². The van der Waals surface area contributed by atoms with Gasteiger partial charge in [0.15, 0.2) is 0 Å². The molecule has 0 bridgehead atoms. The number of carbonyl (C=O) groups excluding carboxylic acids is 1. The lowest BCUT2D eigenvalue weighted by Crippen LogP contribution is -2.43. The Hall–Kier alpha value is -0.620. The molecule has 0 aromatic carbocycles. The van der Waals surface area contributed by atoms with Crippen molar-refractivity contribution in [3.05, 3.63) is 0 Å². The number of carbonyl (C=O) groups is 1. The average Bonchev–Trinajstić information content (AvgIpc) is 2.17. The van der Waals surface area contributed by atoms with Crippen molar-refractivity contribution in [2.75, 3.05) is 6.54 Å². The second kappa shape index (κ2) is 6.43. The van der Waals surface area contributed by atoms with Gasteiger partial charge < -0.3 is 5.32 Å². The molecule has 120 valence electrons. The fourth-order valence-electron chi connectivity index (χ4n) is 1.88. The zero-order valence-electron chi connectivity index (χ0n) is 13.6. The van der Waals surface area contributed by atoms with Gasteiger partial charge in [0.25, 0.3) is 10.1 Å². The van der Waals surface area contributed by atoms with Gasteiger partial charge in [0.05, 0.1) is 0 Å². The van der Waals surface area contributed by atoms with Crippen LogP contribution in [-0.2, 0) is 14.9 Å². The van der Waals surface area contributed by atoms with Crippen LogP contribution in [0, 0.1) is 16.7 Å². The Morgan fingerprint density at radius 1 is 1.15 bits per heavy atom. The van der Waals surface area contributed by atoms with Crippen LogP contribution in [0.25, 0.3) is 0 Å². The largest absolute Gasteiger partial charge is 0.354 e. The van der Waals surface area contributed by atoms with Crippen molar-refractivity contribution in [1.29, 1.82) is 0 Å². The van der Waals surface area contributed by atoms with E-state index in [9.17, 15) is 13.2 Å². The first-order chi connectivity index (χ1) is 8.64. The highest BCUT2D eigenvalue weighted by molar-refractivity contribution is 7.86. The highest BCUT2D eigenvalue weighted by Gasteiger charge is 2.34. The van der Waals surface area contributed by atoms with Crippen molar-refractivity contribution in [3.63, 3.8) is 0 Å². The minimum Gasteiger partial charge on any atom is -0.354 e. The Balaban J connectivity index is 4.83. The van der Waals surface area contributed by atoms with Gasteiger partial charge in [0, 0.05) is 12.5 Å². The summed E-state index contributed by atoms with van der Waals surface area (Å²) in [6, 6.07) is 0. The summed E-state index contributed by atoms with van der Waals surface area (Å²) in [6.45, 7) is 13.5. The van der Waals surface area contributed by atoms with Crippen LogP contribution in [-0.4, -0.2) is 30.7 Å². The van der Waals surface area contributed by atoms with Gasteiger partial charge in [-0.05, 0) is 24.2 Å². The van der Waals surface area contributed by atoms with E-state index in [2.05, 4.69) is 26.1 Å². The van der Waals surface area contributed by atoms with E-state index in [0.29, 0.717) is 6.42 Å². The topological polar surface area (TPSA) is 83.5 Å². The molecule has 1 amide bonds. The normalized spacial score (nSPS) is 16.6. The third-order valence-corrected chi connectivity index (χ3v) is 4.43. The number of hydrogen-bond donors (Lipinski definition) is 2. The van der Waals surface area contributed by atoms with E-state index in [0.717, 1.165) is 0 Å². The lowest BCUT2D eigenvalue weighted by atomic mass is 9.71. The monoisotopic (exact) mass is 307 g/mol. The Kier molecular flexibility index (Phi) is 6.23. The lowest BCUT2D eigenvalue weighted by Gasteiger charge is -2.34. The molecule has 0 fully saturated rings. The summed E-state index contributed by atoms with van der Waals surface area (Å²) in [5, 5.41) is 1.64. The molecule has 0 aliphatic rings. The molecule has 20 heavy (non-hydrogen) atoms. The molecular weight excluding hydrogens is 278 g/mol. The van der Waals surface area contributed by atoms with Crippen LogP contribution >= 0.6 is 0 Å². The highest BCUT2D eigenvalue weighted by atomic mass is 32.2. The fourth-order valence-corrected chi connectivity index (χ4v) is 2.17. The predicted octanol–water partition coefficient (Wildman–Crippen LogP) is 2.48. The summed E-state index contributed by atoms with van der Waals surface area (Å²) in [5.74, 6) is -0.376. The number of amides is 1. The first-order valence-electron chi connectivity index (χ1n) is 6.88. The van der Waals surface area contributed by atoms with Gasteiger partial charge >= 0.3 is 0 Å². The molecule has 0 aliphatic heterocycles. The van der Waals surface area contributed by atoms with Crippen molar-refractivity contribution in [2.24, 2.45) is 16.7 Å². The van der Waals surface area contributed by atoms with Crippen LogP contribution < -0.4 is 5.32 Å². The molecule has 0 aromatic rings. The molecule has 2 atom stereocenters. The molecule has 0 radical (unpaired) electrons. The quantitative estimate of drug-likeness (QED) is 0.764. The number of rotatable bonds is 5. The van der Waals surface area contributed by atoms with Gasteiger partial charge in [-0.15, -0.1) is 0 Å². The molecule has 0 rings (SSSR count). The summed E-state index contributed by atoms with van der Waals surface area (Å²) in [7, 11) is -4.11. The van der Waals surface area contributed by atoms with Gasteiger partial charge in [0.2, 0.25) is 5.91 Å². The Bertz CT molecular complexity index is 429. The third kappa shape index (κ3) is 7.24. The standard InChI is InChI=1S/C14H29NO4S/c1-10(20(17,18)19)9-15-12(16)11(14(5,6)7)8-13(2,3)4/h10-11H,8-9H2,1-7H3,(H,15,16)(H,17,18,19). The molecule has 6 heteroatoms. The Morgan fingerprint density at radius 2 is 1.60 bits per heavy atom. The maximum absolute atomic E-state index is 12.3. The highest BCUT2D eigenvalue weighted by Crippen LogP contribution is 2.36. The van der Waals surface area contributed by atoms with Gasteiger partial charge in [-0.25, -0.2) is 0 Å². The van der Waals surface area contributed by atoms with Crippen LogP contribution in [0.1, 0.15) is 54.9 Å². The van der Waals surface area contributed by atoms with Crippen molar-refractivity contribution in [1.82, 2.24) is 5.32 Å². The van der Waals surface area contributed by atoms with Gasteiger partial charge in [-0.1, -0.05) is 41.5 Å². The average molecular weight is 307 g/mol. The summed E-state index contributed by atoms with van der Waals surface area (Å²) in [6.07, 6.45) is 0.711. The zero-order valence-corrected chi connectivity index (χ0v) is 14.5. The number of nitrogens with one attached hydrogen (secondary N) is 1. The first kappa shape index (κ1) is 19.4. The SMILES string of the molecule is CC(CNC(=O)C(CC(C)(C)C)C(C)(C)C)S(=O)(=O)O. The van der Waals surface area contributed by atoms with E-state index in [1.165, 1.54) is 6.92 Å². The predicted molar refractivity (Wildman–Crippen MR) is 81.0 cm³/mol. The molecule has 0 saturated heterocycles. The minimum absolute atomic E-state index is 0.00393. The van der Waals surface area contributed by atoms with Crippen LogP contribution in [0.3, 0.4) is 0 Å². The fraction of sp³-hybridized carbons (Fsp3) is 0.929. The van der Waals surface area contributed by atoms with Crippen molar-refractivity contribution in [2.45, 2.75) is 60.1 Å². The van der Waals surface area contributed by atoms with Gasteiger partial charge in [0.1, 0.15) is 5.25 Å². The second-order valence-corrected chi connectivity index (χ2v) is 9.59. The molecule has 0 saturated carbocycles. The Labute approximate surface area is 123 Å². The van der Waals surface area contributed by atoms with Crippen LogP contribution in [0.15, 0.2) is 0 Å². The molecule has 2 N–H and O–H groups in total. The molecular formula is C14H29NO4S. The van der Waals surface area contributed by atoms with E-state index in [1.54, 1.807) is 0 Å². The van der Waals surface area contributed by atoms with Gasteiger partial charge in [-0.3, -0.25) is 9.35 Å². The lowest BCUT2D eigenvalue weighted by molar-refractivity contribution is -0.129. The maximum atomic E-state index is 12.3. The van der Waals surface area contributed by atoms with Crippen molar-refractivity contribution >= 4 is 16.0 Å². The van der Waals surface area contributed by atoms with Crippen molar-refractivity contribution in [3.8, 4) is 0 Å². The summed E-state index contributed by atoms with van der Waals surface area (Å²) < 4.78 is 30.8. The zero-order chi connectivity index (χ0) is 16.4. The molecule has 0 aromatic heterocycles. The molecule has 5 nitrogen and oxygen atoms in total. The molecule has 0 aliphatic carbocycles. The van der Waals surface area contributed by atoms with E-state index in [4.69, 9.17) is 4.55 Å². The third-order valence-electron chi connectivity index (χ3n) is 3.25. The van der Waals surface area contributed by atoms with Gasteiger partial charge in [-0.2, -0.15) is 8.42 Å². The van der Waals surface area contributed by atoms with Crippen molar-refractivity contribution < 1.29 is 17.8 Å². The number of hydrogen-bond acceptors (Lipinski definition) is 3. The van der Waals surface area contributed by atoms with Crippen LogP contribution in [0.5, 0.6) is 0 Å². The summed E-state index contributed by atoms with van der Waals surface area (Å²) in [5.41, 5.74) is -0.206. The first-order valence-corrected chi connectivity index (χ1v) is 8.39.